The van der Waals surface area contributed by atoms with E-state index in [1.165, 1.54) is 0 Å². The maximum absolute atomic E-state index is 11.6. The number of alkyl halides is 1. The number of aromatic nitrogens is 1. The number of rotatable bonds is 4. The Morgan fingerprint density at radius 2 is 2.33 bits per heavy atom. The van der Waals surface area contributed by atoms with E-state index in [1.54, 1.807) is 12.3 Å². The molecule has 0 bridgehead atoms. The summed E-state index contributed by atoms with van der Waals surface area (Å²) in [5, 5.41) is 3.75. The van der Waals surface area contributed by atoms with Crippen LogP contribution >= 0.6 is 15.9 Å². The van der Waals surface area contributed by atoms with E-state index in [1.807, 2.05) is 13.0 Å². The number of carbonyl (C=O) groups is 1. The Balaban J connectivity index is 2.50. The third-order valence-corrected chi connectivity index (χ3v) is 3.15. The second-order valence-corrected chi connectivity index (χ2v) is 4.31. The number of nitrogens with zero attached hydrogens (tertiary/aromatic N) is 1. The van der Waals surface area contributed by atoms with Gasteiger partial charge in [-0.25, -0.2) is 0 Å². The van der Waals surface area contributed by atoms with Crippen molar-refractivity contribution in [1.82, 2.24) is 10.3 Å². The van der Waals surface area contributed by atoms with Gasteiger partial charge in [-0.1, -0.05) is 22.9 Å². The summed E-state index contributed by atoms with van der Waals surface area (Å²) in [6.07, 6.45) is 1.60. The van der Waals surface area contributed by atoms with Crippen LogP contribution in [0.15, 0.2) is 18.3 Å². The Kier molecular flexibility index (Phi) is 4.75. The van der Waals surface area contributed by atoms with E-state index in [2.05, 4.69) is 33.2 Å². The third-order valence-electron chi connectivity index (χ3n) is 2.05. The first-order chi connectivity index (χ1) is 7.13. The SMILES string of the molecule is Cc1ccc(C(=O)NCC(C)CBr)cn1. The predicted molar refractivity (Wildman–Crippen MR) is 64.3 cm³/mol. The molecule has 0 radical (unpaired) electrons. The van der Waals surface area contributed by atoms with Gasteiger partial charge in [-0.05, 0) is 25.0 Å². The van der Waals surface area contributed by atoms with Gasteiger partial charge in [0.25, 0.3) is 5.91 Å². The first-order valence-electron chi connectivity index (χ1n) is 4.90. The Labute approximate surface area is 98.4 Å². The van der Waals surface area contributed by atoms with Crippen LogP contribution in [0, 0.1) is 12.8 Å². The van der Waals surface area contributed by atoms with Gasteiger partial charge in [0, 0.05) is 23.8 Å². The molecule has 0 saturated heterocycles. The molecule has 1 amide bonds. The molecule has 1 aromatic rings. The third kappa shape index (κ3) is 4.00. The van der Waals surface area contributed by atoms with Crippen molar-refractivity contribution in [3.05, 3.63) is 29.6 Å². The second kappa shape index (κ2) is 5.85. The van der Waals surface area contributed by atoms with Crippen molar-refractivity contribution in [1.29, 1.82) is 0 Å². The lowest BCUT2D eigenvalue weighted by atomic mass is 10.2. The quantitative estimate of drug-likeness (QED) is 0.852. The van der Waals surface area contributed by atoms with Crippen molar-refractivity contribution in [2.45, 2.75) is 13.8 Å². The minimum absolute atomic E-state index is 0.0599. The molecule has 1 heterocycles. The Morgan fingerprint density at radius 3 is 2.87 bits per heavy atom. The van der Waals surface area contributed by atoms with Crippen LogP contribution < -0.4 is 5.32 Å². The van der Waals surface area contributed by atoms with Gasteiger partial charge in [0.1, 0.15) is 0 Å². The normalized spacial score (nSPS) is 12.2. The molecule has 1 atom stereocenters. The Morgan fingerprint density at radius 1 is 1.60 bits per heavy atom. The molecular formula is C11H15BrN2O. The fourth-order valence-electron chi connectivity index (χ4n) is 1.03. The Bertz CT molecular complexity index is 324. The highest BCUT2D eigenvalue weighted by Gasteiger charge is 2.06. The summed E-state index contributed by atoms with van der Waals surface area (Å²) in [5.74, 6) is 0.377. The fourth-order valence-corrected chi connectivity index (χ4v) is 1.25. The number of nitrogens with one attached hydrogen (secondary N) is 1. The van der Waals surface area contributed by atoms with E-state index in [9.17, 15) is 4.79 Å². The number of halogens is 1. The van der Waals surface area contributed by atoms with Gasteiger partial charge in [0.15, 0.2) is 0 Å². The predicted octanol–water partition coefficient (Wildman–Crippen LogP) is 2.15. The van der Waals surface area contributed by atoms with Crippen LogP contribution in [0.4, 0.5) is 0 Å². The van der Waals surface area contributed by atoms with Gasteiger partial charge in [0.05, 0.1) is 5.56 Å². The van der Waals surface area contributed by atoms with Crippen LogP contribution in [0.5, 0.6) is 0 Å². The summed E-state index contributed by atoms with van der Waals surface area (Å²) < 4.78 is 0. The van der Waals surface area contributed by atoms with Crippen LogP contribution in [0.25, 0.3) is 0 Å². The zero-order valence-corrected chi connectivity index (χ0v) is 10.5. The molecule has 0 spiro atoms. The summed E-state index contributed by atoms with van der Waals surface area (Å²) in [6.45, 7) is 4.65. The largest absolute Gasteiger partial charge is 0.352 e. The topological polar surface area (TPSA) is 42.0 Å². The van der Waals surface area contributed by atoms with E-state index in [4.69, 9.17) is 0 Å². The first-order valence-corrected chi connectivity index (χ1v) is 6.02. The van der Waals surface area contributed by atoms with Gasteiger partial charge in [0.2, 0.25) is 0 Å². The van der Waals surface area contributed by atoms with E-state index < -0.39 is 0 Å². The average molecular weight is 271 g/mol. The Hall–Kier alpha value is -0.900. The molecule has 82 valence electrons. The molecule has 4 heteroatoms. The molecule has 1 rings (SSSR count). The molecule has 0 aromatic carbocycles. The number of hydrogen-bond acceptors (Lipinski definition) is 2. The summed E-state index contributed by atoms with van der Waals surface area (Å²) in [5.41, 5.74) is 1.53. The molecule has 0 fully saturated rings. The maximum Gasteiger partial charge on any atom is 0.252 e. The van der Waals surface area contributed by atoms with Crippen molar-refractivity contribution >= 4 is 21.8 Å². The van der Waals surface area contributed by atoms with Gasteiger partial charge in [-0.2, -0.15) is 0 Å². The summed E-state index contributed by atoms with van der Waals surface area (Å²) in [7, 11) is 0. The molecule has 3 nitrogen and oxygen atoms in total. The minimum atomic E-state index is -0.0599. The average Bonchev–Trinajstić information content (AvgIpc) is 2.26. The number of carbonyl (C=O) groups excluding carboxylic acids is 1. The second-order valence-electron chi connectivity index (χ2n) is 3.66. The molecular weight excluding hydrogens is 256 g/mol. The van der Waals surface area contributed by atoms with Crippen LogP contribution in [-0.4, -0.2) is 22.8 Å². The summed E-state index contributed by atoms with van der Waals surface area (Å²) >= 11 is 3.37. The summed E-state index contributed by atoms with van der Waals surface area (Å²) in [6, 6.07) is 3.62. The van der Waals surface area contributed by atoms with Gasteiger partial charge in [-0.3, -0.25) is 9.78 Å². The highest BCUT2D eigenvalue weighted by atomic mass is 79.9. The first kappa shape index (κ1) is 12.2. The zero-order valence-electron chi connectivity index (χ0n) is 8.96. The van der Waals surface area contributed by atoms with Crippen LogP contribution in [0.2, 0.25) is 0 Å². The van der Waals surface area contributed by atoms with Crippen LogP contribution in [0.1, 0.15) is 23.0 Å². The van der Waals surface area contributed by atoms with Crippen LogP contribution in [0.3, 0.4) is 0 Å². The van der Waals surface area contributed by atoms with E-state index >= 15 is 0 Å². The summed E-state index contributed by atoms with van der Waals surface area (Å²) in [4.78, 5) is 15.7. The van der Waals surface area contributed by atoms with Crippen molar-refractivity contribution < 1.29 is 4.79 Å². The minimum Gasteiger partial charge on any atom is -0.352 e. The number of aryl methyl sites for hydroxylation is 1. The lowest BCUT2D eigenvalue weighted by Gasteiger charge is -2.09. The lowest BCUT2D eigenvalue weighted by Crippen LogP contribution is -2.28. The van der Waals surface area contributed by atoms with E-state index in [0.29, 0.717) is 18.0 Å². The van der Waals surface area contributed by atoms with E-state index in [0.717, 1.165) is 11.0 Å². The maximum atomic E-state index is 11.6. The standard InChI is InChI=1S/C11H15BrN2O/c1-8(5-12)6-14-11(15)10-4-3-9(2)13-7-10/h3-4,7-8H,5-6H2,1-2H3,(H,14,15). The molecule has 0 aliphatic heterocycles. The molecule has 1 aromatic heterocycles. The zero-order chi connectivity index (χ0) is 11.3. The molecule has 1 unspecified atom stereocenters. The molecule has 1 N–H and O–H groups in total. The van der Waals surface area contributed by atoms with Crippen molar-refractivity contribution in [2.75, 3.05) is 11.9 Å². The van der Waals surface area contributed by atoms with Crippen molar-refractivity contribution in [3.63, 3.8) is 0 Å². The van der Waals surface area contributed by atoms with Gasteiger partial charge >= 0.3 is 0 Å². The number of hydrogen-bond donors (Lipinski definition) is 1. The van der Waals surface area contributed by atoms with Gasteiger partial charge in [-0.15, -0.1) is 0 Å². The molecule has 15 heavy (non-hydrogen) atoms. The molecule has 0 aliphatic carbocycles. The highest BCUT2D eigenvalue weighted by molar-refractivity contribution is 9.09. The fraction of sp³-hybridized carbons (Fsp3) is 0.455. The number of pyridine rings is 1. The van der Waals surface area contributed by atoms with E-state index in [-0.39, 0.29) is 5.91 Å². The molecule has 0 saturated carbocycles. The van der Waals surface area contributed by atoms with Crippen molar-refractivity contribution in [3.8, 4) is 0 Å². The monoisotopic (exact) mass is 270 g/mol. The van der Waals surface area contributed by atoms with Gasteiger partial charge < -0.3 is 5.32 Å². The highest BCUT2D eigenvalue weighted by Crippen LogP contribution is 2.01. The number of amides is 1. The van der Waals surface area contributed by atoms with Crippen LogP contribution in [-0.2, 0) is 0 Å². The smallest absolute Gasteiger partial charge is 0.252 e. The van der Waals surface area contributed by atoms with Crippen molar-refractivity contribution in [2.24, 2.45) is 5.92 Å². The molecule has 0 aliphatic rings. The lowest BCUT2D eigenvalue weighted by molar-refractivity contribution is 0.0949.